The Morgan fingerprint density at radius 1 is 1.29 bits per heavy atom. The Labute approximate surface area is 142 Å². The zero-order chi connectivity index (χ0) is 17.3. The summed E-state index contributed by atoms with van der Waals surface area (Å²) in [5, 5.41) is 8.22. The Hall–Kier alpha value is -1.67. The molecule has 0 unspecified atom stereocenters. The lowest BCUT2D eigenvalue weighted by molar-refractivity contribution is 0.258. The Bertz CT molecular complexity index is 809. The topological polar surface area (TPSA) is 81.2 Å². The highest BCUT2D eigenvalue weighted by atomic mass is 32.2. The van der Waals surface area contributed by atoms with Crippen LogP contribution in [-0.4, -0.2) is 34.2 Å². The minimum atomic E-state index is -3.63. The molecule has 24 heavy (non-hydrogen) atoms. The van der Waals surface area contributed by atoms with Gasteiger partial charge in [-0.25, -0.2) is 8.42 Å². The van der Waals surface area contributed by atoms with Gasteiger partial charge >= 0.3 is 0 Å². The second kappa shape index (κ2) is 6.68. The molecule has 0 saturated carbocycles. The molecule has 1 aliphatic rings. The van der Waals surface area contributed by atoms with Gasteiger partial charge in [0.25, 0.3) is 0 Å². The van der Waals surface area contributed by atoms with Gasteiger partial charge in [0.05, 0.1) is 17.4 Å². The number of rotatable bonds is 4. The fraction of sp³-hybridized carbons (Fsp3) is 0.625. The molecule has 3 rings (SSSR count). The Morgan fingerprint density at radius 2 is 2.08 bits per heavy atom. The van der Waals surface area contributed by atoms with Crippen LogP contribution in [0.25, 0.3) is 0 Å². The Morgan fingerprint density at radius 3 is 2.71 bits per heavy atom. The maximum atomic E-state index is 13.3. The van der Waals surface area contributed by atoms with Gasteiger partial charge in [-0.05, 0) is 33.6 Å². The molecule has 0 spiro atoms. The van der Waals surface area contributed by atoms with Crippen LogP contribution in [0.15, 0.2) is 21.7 Å². The van der Waals surface area contributed by atoms with Gasteiger partial charge in [-0.2, -0.15) is 9.40 Å². The van der Waals surface area contributed by atoms with Crippen molar-refractivity contribution in [2.24, 2.45) is 0 Å². The monoisotopic (exact) mass is 352 g/mol. The SMILES string of the molecule is CCn1cc(S(=O)(=O)N2CCCCC[C@@H]2c2cc(C)no2)c(C)n1. The van der Waals surface area contributed by atoms with Crippen molar-refractivity contribution in [3.8, 4) is 0 Å². The molecule has 2 aromatic heterocycles. The van der Waals surface area contributed by atoms with Crippen molar-refractivity contribution in [2.75, 3.05) is 6.54 Å². The first kappa shape index (κ1) is 17.2. The molecule has 0 bridgehead atoms. The van der Waals surface area contributed by atoms with Crippen LogP contribution in [0.5, 0.6) is 0 Å². The first-order valence-corrected chi connectivity index (χ1v) is 9.86. The van der Waals surface area contributed by atoms with Gasteiger partial charge < -0.3 is 4.52 Å². The molecule has 1 fully saturated rings. The predicted molar refractivity (Wildman–Crippen MR) is 89.0 cm³/mol. The van der Waals surface area contributed by atoms with E-state index in [1.807, 2.05) is 19.9 Å². The molecule has 132 valence electrons. The Balaban J connectivity index is 2.03. The lowest BCUT2D eigenvalue weighted by atomic mass is 10.1. The van der Waals surface area contributed by atoms with E-state index >= 15 is 0 Å². The third kappa shape index (κ3) is 3.12. The van der Waals surface area contributed by atoms with Gasteiger partial charge in [-0.15, -0.1) is 0 Å². The number of hydrogen-bond donors (Lipinski definition) is 0. The van der Waals surface area contributed by atoms with Gasteiger partial charge in [-0.3, -0.25) is 4.68 Å². The van der Waals surface area contributed by atoms with Gasteiger partial charge in [0.15, 0.2) is 5.76 Å². The van der Waals surface area contributed by atoms with Crippen molar-refractivity contribution in [2.45, 2.75) is 63.9 Å². The van der Waals surface area contributed by atoms with E-state index in [1.54, 1.807) is 22.1 Å². The molecule has 0 aliphatic carbocycles. The molecule has 1 saturated heterocycles. The molecule has 0 radical (unpaired) electrons. The van der Waals surface area contributed by atoms with Crippen molar-refractivity contribution < 1.29 is 12.9 Å². The molecule has 7 nitrogen and oxygen atoms in total. The minimum absolute atomic E-state index is 0.285. The van der Waals surface area contributed by atoms with Gasteiger partial charge in [0, 0.05) is 25.4 Å². The van der Waals surface area contributed by atoms with E-state index in [2.05, 4.69) is 10.3 Å². The first-order valence-electron chi connectivity index (χ1n) is 8.42. The highest BCUT2D eigenvalue weighted by Gasteiger charge is 2.37. The van der Waals surface area contributed by atoms with Crippen LogP contribution in [0.4, 0.5) is 0 Å². The molecule has 1 atom stereocenters. The molecule has 3 heterocycles. The molecule has 1 aliphatic heterocycles. The van der Waals surface area contributed by atoms with Crippen LogP contribution in [0.2, 0.25) is 0 Å². The normalized spacial score (nSPS) is 20.2. The van der Waals surface area contributed by atoms with E-state index in [9.17, 15) is 8.42 Å². The zero-order valence-corrected chi connectivity index (χ0v) is 15.2. The second-order valence-corrected chi connectivity index (χ2v) is 8.14. The second-order valence-electron chi connectivity index (χ2n) is 6.29. The highest BCUT2D eigenvalue weighted by molar-refractivity contribution is 7.89. The number of nitrogens with zero attached hydrogens (tertiary/aromatic N) is 4. The van der Waals surface area contributed by atoms with E-state index in [0.29, 0.717) is 24.5 Å². The quantitative estimate of drug-likeness (QED) is 0.845. The van der Waals surface area contributed by atoms with Crippen LogP contribution in [0, 0.1) is 13.8 Å². The molecule has 0 aromatic carbocycles. The van der Waals surface area contributed by atoms with E-state index in [-0.39, 0.29) is 10.9 Å². The summed E-state index contributed by atoms with van der Waals surface area (Å²) < 4.78 is 35.2. The maximum absolute atomic E-state index is 13.3. The number of hydrogen-bond acceptors (Lipinski definition) is 5. The highest BCUT2D eigenvalue weighted by Crippen LogP contribution is 2.35. The average molecular weight is 352 g/mol. The fourth-order valence-electron chi connectivity index (χ4n) is 3.24. The summed E-state index contributed by atoms with van der Waals surface area (Å²) in [6.45, 7) is 6.65. The summed E-state index contributed by atoms with van der Waals surface area (Å²) in [6.07, 6.45) is 5.21. The van der Waals surface area contributed by atoms with Crippen molar-refractivity contribution in [3.05, 3.63) is 29.4 Å². The van der Waals surface area contributed by atoms with Crippen molar-refractivity contribution >= 4 is 10.0 Å². The largest absolute Gasteiger partial charge is 0.359 e. The summed E-state index contributed by atoms with van der Waals surface area (Å²) in [7, 11) is -3.63. The lowest BCUT2D eigenvalue weighted by Crippen LogP contribution is -2.35. The third-order valence-electron chi connectivity index (χ3n) is 4.49. The molecular weight excluding hydrogens is 328 g/mol. The van der Waals surface area contributed by atoms with E-state index in [1.165, 1.54) is 0 Å². The molecule has 2 aromatic rings. The number of aromatic nitrogens is 3. The standard InChI is InChI=1S/C16H24N4O3S/c1-4-19-11-16(13(3)17-19)24(21,22)20-9-7-5-6-8-14(20)15-10-12(2)18-23-15/h10-11,14H,4-9H2,1-3H3/t14-/m1/s1. The van der Waals surface area contributed by atoms with Crippen LogP contribution in [-0.2, 0) is 16.6 Å². The molecular formula is C16H24N4O3S. The minimum Gasteiger partial charge on any atom is -0.359 e. The summed E-state index contributed by atoms with van der Waals surface area (Å²) in [5.41, 5.74) is 1.30. The average Bonchev–Trinajstić information content (AvgIpc) is 3.04. The Kier molecular flexibility index (Phi) is 4.78. The predicted octanol–water partition coefficient (Wildman–Crippen LogP) is 2.81. The van der Waals surface area contributed by atoms with Crippen LogP contribution >= 0.6 is 0 Å². The maximum Gasteiger partial charge on any atom is 0.247 e. The molecule has 8 heteroatoms. The van der Waals surface area contributed by atoms with Crippen molar-refractivity contribution in [1.29, 1.82) is 0 Å². The summed E-state index contributed by atoms with van der Waals surface area (Å²) >= 11 is 0. The van der Waals surface area contributed by atoms with Crippen molar-refractivity contribution in [3.63, 3.8) is 0 Å². The first-order chi connectivity index (χ1) is 11.4. The van der Waals surface area contributed by atoms with Gasteiger partial charge in [0.2, 0.25) is 10.0 Å². The zero-order valence-electron chi connectivity index (χ0n) is 14.4. The number of sulfonamides is 1. The smallest absolute Gasteiger partial charge is 0.247 e. The van der Waals surface area contributed by atoms with E-state index < -0.39 is 10.0 Å². The van der Waals surface area contributed by atoms with Gasteiger partial charge in [0.1, 0.15) is 4.90 Å². The fourth-order valence-corrected chi connectivity index (χ4v) is 5.07. The van der Waals surface area contributed by atoms with E-state index in [0.717, 1.165) is 31.4 Å². The lowest BCUT2D eigenvalue weighted by Gasteiger charge is -2.27. The van der Waals surface area contributed by atoms with Gasteiger partial charge in [-0.1, -0.05) is 18.0 Å². The van der Waals surface area contributed by atoms with Crippen molar-refractivity contribution in [1.82, 2.24) is 19.2 Å². The van der Waals surface area contributed by atoms with Crippen LogP contribution in [0.3, 0.4) is 0 Å². The summed E-state index contributed by atoms with van der Waals surface area (Å²) in [4.78, 5) is 0.285. The van der Waals surface area contributed by atoms with E-state index in [4.69, 9.17) is 4.52 Å². The third-order valence-corrected chi connectivity index (χ3v) is 6.50. The summed E-state index contributed by atoms with van der Waals surface area (Å²) in [6, 6.07) is 1.53. The van der Waals surface area contributed by atoms with Crippen LogP contribution in [0.1, 0.15) is 55.8 Å². The molecule has 0 N–H and O–H groups in total. The number of aryl methyl sites for hydroxylation is 3. The molecule has 0 amide bonds. The van der Waals surface area contributed by atoms with Crippen LogP contribution < -0.4 is 0 Å². The summed E-state index contributed by atoms with van der Waals surface area (Å²) in [5.74, 6) is 0.624.